The van der Waals surface area contributed by atoms with E-state index in [-0.39, 0.29) is 11.9 Å². The Morgan fingerprint density at radius 3 is 2.71 bits per heavy atom. The molecule has 0 bridgehead atoms. The van der Waals surface area contributed by atoms with Crippen LogP contribution in [0.4, 0.5) is 5.13 Å². The van der Waals surface area contributed by atoms with Crippen molar-refractivity contribution in [3.8, 4) is 6.07 Å². The Labute approximate surface area is 206 Å². The number of fused-ring (bicyclic) bond motifs is 1. The number of thioether (sulfide) groups is 1. The van der Waals surface area contributed by atoms with E-state index in [1.54, 1.807) is 23.9 Å². The second-order valence-corrected chi connectivity index (χ2v) is 10.4. The molecule has 10 heteroatoms. The molecule has 0 saturated carbocycles. The summed E-state index contributed by atoms with van der Waals surface area (Å²) >= 11 is 2.91. The molecular weight excluding hydrogens is 466 g/mol. The molecule has 3 aromatic heterocycles. The number of nitrogens with one attached hydrogen (secondary N) is 1. The van der Waals surface area contributed by atoms with Crippen molar-refractivity contribution in [2.24, 2.45) is 0 Å². The highest BCUT2D eigenvalue weighted by atomic mass is 32.2. The first kappa shape index (κ1) is 23.9. The number of anilines is 1. The number of nitrogens with zero attached hydrogens (tertiary/aromatic N) is 6. The van der Waals surface area contributed by atoms with Gasteiger partial charge in [0.1, 0.15) is 0 Å². The number of benzene rings is 1. The van der Waals surface area contributed by atoms with Crippen molar-refractivity contribution in [1.82, 2.24) is 25.0 Å². The van der Waals surface area contributed by atoms with E-state index in [9.17, 15) is 4.79 Å². The van der Waals surface area contributed by atoms with Crippen LogP contribution in [0.2, 0.25) is 0 Å². The first-order chi connectivity index (χ1) is 16.4. The fraction of sp³-hybridized carbons (Fsp3) is 0.333. The van der Waals surface area contributed by atoms with E-state index in [0.717, 1.165) is 43.5 Å². The molecule has 0 aliphatic rings. The number of nitriles is 1. The van der Waals surface area contributed by atoms with E-state index in [2.05, 4.69) is 47.5 Å². The highest BCUT2D eigenvalue weighted by Crippen LogP contribution is 2.29. The SMILES string of the molecule is Cc1nc2c(cnn2C(C)C)c(C)c1CCC(=O)Nc1nnc(SCc2ccc(C#N)cc2)s1. The normalized spacial score (nSPS) is 11.2. The van der Waals surface area contributed by atoms with Crippen molar-refractivity contribution in [3.63, 3.8) is 0 Å². The van der Waals surface area contributed by atoms with Crippen LogP contribution in [0.25, 0.3) is 11.0 Å². The summed E-state index contributed by atoms with van der Waals surface area (Å²) in [5.74, 6) is 0.618. The monoisotopic (exact) mass is 491 g/mol. The lowest BCUT2D eigenvalue weighted by Gasteiger charge is -2.12. The first-order valence-electron chi connectivity index (χ1n) is 10.9. The minimum Gasteiger partial charge on any atom is -0.300 e. The van der Waals surface area contributed by atoms with Gasteiger partial charge in [0.2, 0.25) is 11.0 Å². The summed E-state index contributed by atoms with van der Waals surface area (Å²) in [6.07, 6.45) is 2.79. The van der Waals surface area contributed by atoms with Gasteiger partial charge in [-0.1, -0.05) is 35.2 Å². The predicted molar refractivity (Wildman–Crippen MR) is 135 cm³/mol. The van der Waals surface area contributed by atoms with E-state index in [1.807, 2.05) is 29.9 Å². The van der Waals surface area contributed by atoms with Gasteiger partial charge in [-0.05, 0) is 62.9 Å². The lowest BCUT2D eigenvalue weighted by Crippen LogP contribution is -2.13. The summed E-state index contributed by atoms with van der Waals surface area (Å²) in [6, 6.07) is 9.81. The van der Waals surface area contributed by atoms with Crippen LogP contribution in [0, 0.1) is 25.2 Å². The van der Waals surface area contributed by atoms with Crippen LogP contribution < -0.4 is 5.32 Å². The number of amides is 1. The van der Waals surface area contributed by atoms with Crippen molar-refractivity contribution in [2.45, 2.75) is 56.7 Å². The topological polar surface area (TPSA) is 109 Å². The average molecular weight is 492 g/mol. The molecule has 4 aromatic rings. The van der Waals surface area contributed by atoms with E-state index in [1.165, 1.54) is 11.3 Å². The number of hydrogen-bond donors (Lipinski definition) is 1. The summed E-state index contributed by atoms with van der Waals surface area (Å²) in [7, 11) is 0. The quantitative estimate of drug-likeness (QED) is 0.266. The number of rotatable bonds is 8. The lowest BCUT2D eigenvalue weighted by atomic mass is 10.0. The van der Waals surface area contributed by atoms with Crippen molar-refractivity contribution < 1.29 is 4.79 Å². The highest BCUT2D eigenvalue weighted by molar-refractivity contribution is 8.00. The van der Waals surface area contributed by atoms with E-state index in [0.29, 0.717) is 23.5 Å². The van der Waals surface area contributed by atoms with Gasteiger partial charge in [0, 0.05) is 29.3 Å². The first-order valence-corrected chi connectivity index (χ1v) is 12.7. The standard InChI is InChI=1S/C24H25N7OS2/c1-14(2)31-22-20(12-26-31)15(3)19(16(4)27-22)9-10-21(32)28-23-29-30-24(34-23)33-13-18-7-5-17(11-25)6-8-18/h5-8,12,14H,9-10,13H2,1-4H3,(H,28,29,32). The van der Waals surface area contributed by atoms with Gasteiger partial charge < -0.3 is 5.32 Å². The fourth-order valence-corrected chi connectivity index (χ4v) is 5.42. The van der Waals surface area contributed by atoms with Crippen molar-refractivity contribution in [3.05, 3.63) is 58.4 Å². The number of hydrogen-bond acceptors (Lipinski definition) is 8. The number of pyridine rings is 1. The van der Waals surface area contributed by atoms with Gasteiger partial charge >= 0.3 is 0 Å². The van der Waals surface area contributed by atoms with Crippen LogP contribution in [0.5, 0.6) is 0 Å². The summed E-state index contributed by atoms with van der Waals surface area (Å²) in [6.45, 7) is 8.22. The van der Waals surface area contributed by atoms with Crippen LogP contribution in [0.15, 0.2) is 34.8 Å². The van der Waals surface area contributed by atoms with Crippen LogP contribution in [0.3, 0.4) is 0 Å². The molecule has 0 aliphatic carbocycles. The van der Waals surface area contributed by atoms with Gasteiger partial charge in [-0.2, -0.15) is 10.4 Å². The van der Waals surface area contributed by atoms with Gasteiger partial charge in [0.15, 0.2) is 9.99 Å². The Morgan fingerprint density at radius 1 is 1.24 bits per heavy atom. The molecular formula is C24H25N7OS2. The molecule has 0 saturated heterocycles. The lowest BCUT2D eigenvalue weighted by molar-refractivity contribution is -0.116. The Hall–Kier alpha value is -3.29. The summed E-state index contributed by atoms with van der Waals surface area (Å²) in [5, 5.41) is 26.0. The average Bonchev–Trinajstić information content (AvgIpc) is 3.45. The van der Waals surface area contributed by atoms with E-state index < -0.39 is 0 Å². The molecule has 1 aromatic carbocycles. The molecule has 0 spiro atoms. The summed E-state index contributed by atoms with van der Waals surface area (Å²) in [5.41, 5.74) is 5.76. The summed E-state index contributed by atoms with van der Waals surface area (Å²) < 4.78 is 2.71. The molecule has 0 atom stereocenters. The van der Waals surface area contributed by atoms with Gasteiger partial charge in [0.05, 0.1) is 17.8 Å². The van der Waals surface area contributed by atoms with Crippen molar-refractivity contribution in [1.29, 1.82) is 5.26 Å². The highest BCUT2D eigenvalue weighted by Gasteiger charge is 2.16. The molecule has 174 valence electrons. The molecule has 3 heterocycles. The van der Waals surface area contributed by atoms with Crippen LogP contribution in [0.1, 0.15) is 54.3 Å². The molecule has 0 unspecified atom stereocenters. The molecule has 34 heavy (non-hydrogen) atoms. The largest absolute Gasteiger partial charge is 0.300 e. The zero-order valence-electron chi connectivity index (χ0n) is 19.5. The Bertz CT molecular complexity index is 1370. The van der Waals surface area contributed by atoms with Crippen LogP contribution >= 0.6 is 23.1 Å². The zero-order chi connectivity index (χ0) is 24.2. The second-order valence-electron chi connectivity index (χ2n) is 8.24. The molecule has 1 amide bonds. The van der Waals surface area contributed by atoms with Crippen molar-refractivity contribution >= 4 is 45.2 Å². The molecule has 0 fully saturated rings. The van der Waals surface area contributed by atoms with E-state index in [4.69, 9.17) is 10.2 Å². The molecule has 0 radical (unpaired) electrons. The smallest absolute Gasteiger partial charge is 0.226 e. The third-order valence-corrected chi connectivity index (χ3v) is 7.57. The molecule has 0 aliphatic heterocycles. The maximum atomic E-state index is 12.6. The molecule has 4 rings (SSSR count). The third-order valence-electron chi connectivity index (χ3n) is 5.53. The second kappa shape index (κ2) is 10.3. The minimum atomic E-state index is -0.100. The van der Waals surface area contributed by atoms with Gasteiger partial charge in [0.25, 0.3) is 0 Å². The van der Waals surface area contributed by atoms with Gasteiger partial charge in [-0.15, -0.1) is 10.2 Å². The maximum Gasteiger partial charge on any atom is 0.226 e. The van der Waals surface area contributed by atoms with E-state index >= 15 is 0 Å². The predicted octanol–water partition coefficient (Wildman–Crippen LogP) is 5.22. The fourth-order valence-electron chi connectivity index (χ4n) is 3.70. The Balaban J connectivity index is 1.34. The number of carbonyl (C=O) groups is 1. The number of aromatic nitrogens is 5. The Morgan fingerprint density at radius 2 is 2.00 bits per heavy atom. The zero-order valence-corrected chi connectivity index (χ0v) is 21.1. The molecule has 8 nitrogen and oxygen atoms in total. The van der Waals surface area contributed by atoms with Crippen LogP contribution in [-0.2, 0) is 17.0 Å². The van der Waals surface area contributed by atoms with Crippen LogP contribution in [-0.4, -0.2) is 30.9 Å². The van der Waals surface area contributed by atoms with Crippen molar-refractivity contribution in [2.75, 3.05) is 5.32 Å². The minimum absolute atomic E-state index is 0.100. The maximum absolute atomic E-state index is 12.6. The van der Waals surface area contributed by atoms with Gasteiger partial charge in [-0.25, -0.2) is 9.67 Å². The molecule has 1 N–H and O–H groups in total. The number of aryl methyl sites for hydroxylation is 2. The Kier molecular flexibility index (Phi) is 7.24. The third kappa shape index (κ3) is 5.26. The summed E-state index contributed by atoms with van der Waals surface area (Å²) in [4.78, 5) is 17.3. The van der Waals surface area contributed by atoms with Gasteiger partial charge in [-0.3, -0.25) is 4.79 Å². The number of carbonyl (C=O) groups excluding carboxylic acids is 1.